The number of hydrogen-bond acceptors (Lipinski definition) is 4. The fourth-order valence-electron chi connectivity index (χ4n) is 3.12. The lowest BCUT2D eigenvalue weighted by Gasteiger charge is -2.17. The van der Waals surface area contributed by atoms with E-state index in [1.807, 2.05) is 60.0 Å². The lowest BCUT2D eigenvalue weighted by Crippen LogP contribution is -2.16. The van der Waals surface area contributed by atoms with Gasteiger partial charge < -0.3 is 5.32 Å². The van der Waals surface area contributed by atoms with Gasteiger partial charge in [-0.1, -0.05) is 66.7 Å². The molecular formula is C23H19N3OS. The van der Waals surface area contributed by atoms with E-state index in [1.54, 1.807) is 6.20 Å². The van der Waals surface area contributed by atoms with E-state index in [9.17, 15) is 4.79 Å². The minimum Gasteiger partial charge on any atom is -0.302 e. The van der Waals surface area contributed by atoms with Gasteiger partial charge in [0.25, 0.3) is 0 Å². The van der Waals surface area contributed by atoms with Crippen LogP contribution in [0.15, 0.2) is 90.4 Å². The van der Waals surface area contributed by atoms with E-state index in [0.29, 0.717) is 11.6 Å². The fourth-order valence-corrected chi connectivity index (χ4v) is 3.84. The van der Waals surface area contributed by atoms with Crippen LogP contribution in [0.4, 0.5) is 5.13 Å². The van der Waals surface area contributed by atoms with Crippen LogP contribution in [-0.2, 0) is 4.79 Å². The number of thiazole rings is 1. The zero-order chi connectivity index (χ0) is 19.2. The average molecular weight is 385 g/mol. The number of anilines is 1. The van der Waals surface area contributed by atoms with E-state index in [1.165, 1.54) is 11.3 Å². The van der Waals surface area contributed by atoms with Crippen LogP contribution in [0.2, 0.25) is 0 Å². The first-order valence-corrected chi connectivity index (χ1v) is 9.94. The Morgan fingerprint density at radius 2 is 1.50 bits per heavy atom. The molecule has 1 amide bonds. The summed E-state index contributed by atoms with van der Waals surface area (Å²) >= 11 is 1.41. The highest BCUT2D eigenvalue weighted by atomic mass is 32.1. The molecule has 0 atom stereocenters. The van der Waals surface area contributed by atoms with Gasteiger partial charge in [-0.25, -0.2) is 4.98 Å². The van der Waals surface area contributed by atoms with Crippen LogP contribution in [0.3, 0.4) is 0 Å². The van der Waals surface area contributed by atoms with Crippen molar-refractivity contribution in [2.24, 2.45) is 0 Å². The summed E-state index contributed by atoms with van der Waals surface area (Å²) < 4.78 is 0. The number of carbonyl (C=O) groups is 1. The minimum atomic E-state index is -0.0559. The molecule has 0 unspecified atom stereocenters. The van der Waals surface area contributed by atoms with Gasteiger partial charge in [0, 0.05) is 23.9 Å². The summed E-state index contributed by atoms with van der Waals surface area (Å²) in [6.45, 7) is 0. The van der Waals surface area contributed by atoms with Gasteiger partial charge in [-0.2, -0.15) is 0 Å². The third-order valence-corrected chi connectivity index (χ3v) is 5.23. The summed E-state index contributed by atoms with van der Waals surface area (Å²) in [6, 6.07) is 25.9. The molecule has 0 aliphatic heterocycles. The molecule has 0 fully saturated rings. The standard InChI is InChI=1S/C23H19N3OS/c27-22(26-23-25-21(16-28-23)20-13-7-8-14-24-20)15-19(17-9-3-1-4-10-17)18-11-5-2-6-12-18/h1-14,16,19H,15H2,(H,25,26,27). The number of nitrogens with zero attached hydrogens (tertiary/aromatic N) is 2. The first kappa shape index (κ1) is 18.1. The maximum atomic E-state index is 12.8. The highest BCUT2D eigenvalue weighted by Crippen LogP contribution is 2.29. The van der Waals surface area contributed by atoms with Crippen molar-refractivity contribution in [2.45, 2.75) is 12.3 Å². The maximum Gasteiger partial charge on any atom is 0.227 e. The molecular weight excluding hydrogens is 366 g/mol. The number of pyridine rings is 1. The van der Waals surface area contributed by atoms with Crippen molar-refractivity contribution >= 4 is 22.4 Å². The van der Waals surface area contributed by atoms with Gasteiger partial charge in [-0.05, 0) is 23.3 Å². The molecule has 0 aliphatic carbocycles. The highest BCUT2D eigenvalue weighted by Gasteiger charge is 2.19. The normalized spacial score (nSPS) is 10.8. The van der Waals surface area contributed by atoms with Gasteiger partial charge in [0.15, 0.2) is 5.13 Å². The number of benzene rings is 2. The second-order valence-electron chi connectivity index (χ2n) is 6.38. The van der Waals surface area contributed by atoms with E-state index < -0.39 is 0 Å². The van der Waals surface area contributed by atoms with Crippen molar-refractivity contribution in [2.75, 3.05) is 5.32 Å². The summed E-state index contributed by atoms with van der Waals surface area (Å²) in [5.41, 5.74) is 3.81. The monoisotopic (exact) mass is 385 g/mol. The van der Waals surface area contributed by atoms with Crippen LogP contribution in [0.1, 0.15) is 23.5 Å². The molecule has 0 aliphatic rings. The zero-order valence-corrected chi connectivity index (χ0v) is 16.0. The minimum absolute atomic E-state index is 0.00220. The molecule has 0 radical (unpaired) electrons. The molecule has 0 bridgehead atoms. The molecule has 2 aromatic heterocycles. The topological polar surface area (TPSA) is 54.9 Å². The Morgan fingerprint density at radius 1 is 0.857 bits per heavy atom. The van der Waals surface area contributed by atoms with Crippen molar-refractivity contribution in [3.05, 3.63) is 102 Å². The van der Waals surface area contributed by atoms with Gasteiger partial charge in [0.1, 0.15) is 5.69 Å². The Balaban J connectivity index is 1.50. The third-order valence-electron chi connectivity index (χ3n) is 4.47. The third kappa shape index (κ3) is 4.32. The van der Waals surface area contributed by atoms with E-state index >= 15 is 0 Å². The summed E-state index contributed by atoms with van der Waals surface area (Å²) in [5, 5.41) is 5.44. The highest BCUT2D eigenvalue weighted by molar-refractivity contribution is 7.14. The molecule has 28 heavy (non-hydrogen) atoms. The molecule has 1 N–H and O–H groups in total. The number of rotatable bonds is 6. The van der Waals surface area contributed by atoms with Gasteiger partial charge in [0.2, 0.25) is 5.91 Å². The Hall–Kier alpha value is -3.31. The summed E-state index contributed by atoms with van der Waals surface area (Å²) in [6.07, 6.45) is 2.09. The summed E-state index contributed by atoms with van der Waals surface area (Å²) in [7, 11) is 0. The van der Waals surface area contributed by atoms with Crippen molar-refractivity contribution in [1.82, 2.24) is 9.97 Å². The number of carbonyl (C=O) groups excluding carboxylic acids is 1. The van der Waals surface area contributed by atoms with Gasteiger partial charge in [0.05, 0.1) is 5.69 Å². The van der Waals surface area contributed by atoms with Gasteiger partial charge >= 0.3 is 0 Å². The Morgan fingerprint density at radius 3 is 2.11 bits per heavy atom. The molecule has 0 spiro atoms. The largest absolute Gasteiger partial charge is 0.302 e. The Bertz CT molecular complexity index is 994. The predicted octanol–water partition coefficient (Wildman–Crippen LogP) is 5.37. The average Bonchev–Trinajstić information content (AvgIpc) is 3.22. The smallest absolute Gasteiger partial charge is 0.227 e. The van der Waals surface area contributed by atoms with Crippen LogP contribution in [0, 0.1) is 0 Å². The van der Waals surface area contributed by atoms with Crippen molar-refractivity contribution in [3.8, 4) is 11.4 Å². The second kappa shape index (κ2) is 8.59. The zero-order valence-electron chi connectivity index (χ0n) is 15.2. The van der Waals surface area contributed by atoms with Crippen molar-refractivity contribution in [3.63, 3.8) is 0 Å². The molecule has 0 saturated heterocycles. The molecule has 2 aromatic carbocycles. The van der Waals surface area contributed by atoms with Crippen LogP contribution in [0.25, 0.3) is 11.4 Å². The Labute approximate surface area is 167 Å². The van der Waals surface area contributed by atoms with Crippen LogP contribution < -0.4 is 5.32 Å². The molecule has 5 heteroatoms. The van der Waals surface area contributed by atoms with E-state index in [4.69, 9.17) is 0 Å². The number of aromatic nitrogens is 2. The first-order chi connectivity index (χ1) is 13.8. The molecule has 2 heterocycles. The molecule has 4 nitrogen and oxygen atoms in total. The van der Waals surface area contributed by atoms with Crippen molar-refractivity contribution < 1.29 is 4.79 Å². The van der Waals surface area contributed by atoms with E-state index in [-0.39, 0.29) is 11.8 Å². The quantitative estimate of drug-likeness (QED) is 0.486. The number of nitrogens with one attached hydrogen (secondary N) is 1. The Kier molecular flexibility index (Phi) is 5.54. The fraction of sp³-hybridized carbons (Fsp3) is 0.0870. The van der Waals surface area contributed by atoms with Crippen molar-refractivity contribution in [1.29, 1.82) is 0 Å². The maximum absolute atomic E-state index is 12.8. The molecule has 4 rings (SSSR count). The number of amides is 1. The van der Waals surface area contributed by atoms with Gasteiger partial charge in [-0.15, -0.1) is 11.3 Å². The summed E-state index contributed by atoms with van der Waals surface area (Å²) in [5.74, 6) is -0.0581. The van der Waals surface area contributed by atoms with Crippen LogP contribution in [-0.4, -0.2) is 15.9 Å². The first-order valence-electron chi connectivity index (χ1n) is 9.06. The SMILES string of the molecule is O=C(CC(c1ccccc1)c1ccccc1)Nc1nc(-c2ccccn2)cs1. The van der Waals surface area contributed by atoms with E-state index in [0.717, 1.165) is 22.5 Å². The molecule has 4 aromatic rings. The van der Waals surface area contributed by atoms with Crippen LogP contribution >= 0.6 is 11.3 Å². The van der Waals surface area contributed by atoms with E-state index in [2.05, 4.69) is 39.6 Å². The molecule has 138 valence electrons. The number of hydrogen-bond donors (Lipinski definition) is 1. The van der Waals surface area contributed by atoms with Gasteiger partial charge in [-0.3, -0.25) is 9.78 Å². The lowest BCUT2D eigenvalue weighted by molar-refractivity contribution is -0.116. The van der Waals surface area contributed by atoms with Crippen LogP contribution in [0.5, 0.6) is 0 Å². The second-order valence-corrected chi connectivity index (χ2v) is 7.24. The predicted molar refractivity (Wildman–Crippen MR) is 113 cm³/mol. The lowest BCUT2D eigenvalue weighted by atomic mass is 9.88. The molecule has 0 saturated carbocycles. The summed E-state index contributed by atoms with van der Waals surface area (Å²) in [4.78, 5) is 21.6.